The molecule has 0 saturated carbocycles. The summed E-state index contributed by atoms with van der Waals surface area (Å²) in [6, 6.07) is 0. The zero-order valence-electron chi connectivity index (χ0n) is 11.0. The first kappa shape index (κ1) is 15.4. The predicted molar refractivity (Wildman–Crippen MR) is 66.5 cm³/mol. The molecule has 2 unspecified atom stereocenters. The highest BCUT2D eigenvalue weighted by Gasteiger charge is 2.15. The highest BCUT2D eigenvalue weighted by Crippen LogP contribution is 1.98. The maximum atomic E-state index is 11.6. The second-order valence-corrected chi connectivity index (χ2v) is 4.14. The van der Waals surface area contributed by atoms with Crippen molar-refractivity contribution in [3.63, 3.8) is 0 Å². The Bertz CT molecular complexity index is 186. The second kappa shape index (κ2) is 9.60. The van der Waals surface area contributed by atoms with Crippen LogP contribution in [0, 0.1) is 0 Å². The first-order valence-electron chi connectivity index (χ1n) is 6.19. The molecule has 96 valence electrons. The molecule has 0 aromatic rings. The summed E-state index contributed by atoms with van der Waals surface area (Å²) in [5.41, 5.74) is 0. The Morgan fingerprint density at radius 3 is 2.56 bits per heavy atom. The Hall–Kier alpha value is -0.610. The first-order valence-corrected chi connectivity index (χ1v) is 6.19. The topological polar surface area (TPSA) is 50.4 Å². The molecule has 0 aliphatic heterocycles. The number of hydrogen-bond acceptors (Lipinski definition) is 3. The van der Waals surface area contributed by atoms with Gasteiger partial charge in [-0.15, -0.1) is 0 Å². The molecule has 0 aromatic carbocycles. The van der Waals surface area contributed by atoms with Crippen LogP contribution in [0.25, 0.3) is 0 Å². The van der Waals surface area contributed by atoms with Crippen LogP contribution in [0.3, 0.4) is 0 Å². The molecule has 16 heavy (non-hydrogen) atoms. The van der Waals surface area contributed by atoms with E-state index in [9.17, 15) is 4.79 Å². The Morgan fingerprint density at radius 2 is 2.00 bits per heavy atom. The Labute approximate surface area is 99.1 Å². The number of amides is 1. The minimum atomic E-state index is -0.370. The van der Waals surface area contributed by atoms with Gasteiger partial charge in [0.15, 0.2) is 0 Å². The molecule has 0 fully saturated rings. The van der Waals surface area contributed by atoms with Gasteiger partial charge in [0.1, 0.15) is 6.10 Å². The van der Waals surface area contributed by atoms with E-state index in [2.05, 4.69) is 17.6 Å². The molecule has 1 amide bonds. The number of unbranched alkanes of at least 4 members (excludes halogenated alkanes) is 2. The van der Waals surface area contributed by atoms with Gasteiger partial charge >= 0.3 is 0 Å². The third-order valence-corrected chi connectivity index (χ3v) is 2.38. The van der Waals surface area contributed by atoms with Crippen molar-refractivity contribution in [3.05, 3.63) is 0 Å². The van der Waals surface area contributed by atoms with Gasteiger partial charge in [-0.3, -0.25) is 4.79 Å². The summed E-state index contributed by atoms with van der Waals surface area (Å²) in [6.45, 7) is 7.40. The van der Waals surface area contributed by atoms with Crippen molar-refractivity contribution >= 4 is 5.91 Å². The van der Waals surface area contributed by atoms with Gasteiger partial charge in [-0.1, -0.05) is 19.8 Å². The van der Waals surface area contributed by atoms with Crippen LogP contribution in [-0.2, 0) is 9.53 Å². The molecule has 0 aliphatic carbocycles. The molecular weight excluding hydrogens is 204 g/mol. The van der Waals surface area contributed by atoms with Crippen molar-refractivity contribution in [2.24, 2.45) is 0 Å². The number of hydrogen-bond donors (Lipinski definition) is 2. The third kappa shape index (κ3) is 7.65. The lowest BCUT2D eigenvalue weighted by Gasteiger charge is -2.18. The summed E-state index contributed by atoms with van der Waals surface area (Å²) in [6.07, 6.45) is 3.06. The molecule has 2 atom stereocenters. The molecule has 0 aliphatic rings. The molecule has 4 heteroatoms. The maximum Gasteiger partial charge on any atom is 0.248 e. The molecule has 0 aromatic heterocycles. The van der Waals surface area contributed by atoms with Gasteiger partial charge in [0.2, 0.25) is 5.91 Å². The van der Waals surface area contributed by atoms with Gasteiger partial charge in [-0.2, -0.15) is 0 Å². The van der Waals surface area contributed by atoms with Crippen LogP contribution in [0.15, 0.2) is 0 Å². The van der Waals surface area contributed by atoms with Crippen LogP contribution >= 0.6 is 0 Å². The maximum absolute atomic E-state index is 11.6. The van der Waals surface area contributed by atoms with Crippen LogP contribution in [0.4, 0.5) is 0 Å². The molecular formula is C12H26N2O2. The zero-order chi connectivity index (χ0) is 12.4. The molecule has 0 radical (unpaired) electrons. The monoisotopic (exact) mass is 230 g/mol. The largest absolute Gasteiger partial charge is 0.364 e. The Kier molecular flexibility index (Phi) is 9.24. The molecule has 0 rings (SSSR count). The number of nitrogens with one attached hydrogen (secondary N) is 2. The van der Waals surface area contributed by atoms with Crippen molar-refractivity contribution < 1.29 is 9.53 Å². The summed E-state index contributed by atoms with van der Waals surface area (Å²) in [4.78, 5) is 11.6. The van der Waals surface area contributed by atoms with Crippen molar-refractivity contribution in [1.82, 2.24) is 10.6 Å². The zero-order valence-corrected chi connectivity index (χ0v) is 11.0. The normalized spacial score (nSPS) is 14.5. The number of carbonyl (C=O) groups is 1. The van der Waals surface area contributed by atoms with E-state index >= 15 is 0 Å². The molecule has 0 bridgehead atoms. The van der Waals surface area contributed by atoms with E-state index in [4.69, 9.17) is 4.74 Å². The smallest absolute Gasteiger partial charge is 0.248 e. The van der Waals surface area contributed by atoms with E-state index in [0.717, 1.165) is 25.9 Å². The van der Waals surface area contributed by atoms with Crippen molar-refractivity contribution in [2.45, 2.75) is 52.2 Å². The van der Waals surface area contributed by atoms with Crippen LogP contribution in [0.1, 0.15) is 40.0 Å². The minimum absolute atomic E-state index is 0.0148. The average Bonchev–Trinajstić information content (AvgIpc) is 2.24. The van der Waals surface area contributed by atoms with E-state index in [0.29, 0.717) is 0 Å². The fourth-order valence-electron chi connectivity index (χ4n) is 1.48. The van der Waals surface area contributed by atoms with Gasteiger partial charge in [0, 0.05) is 13.1 Å². The standard InChI is InChI=1S/C12H26N2O2/c1-5-6-7-8-14-12(15)11(3)16-10(2)9-13-4/h10-11,13H,5-9H2,1-4H3,(H,14,15). The third-order valence-electron chi connectivity index (χ3n) is 2.38. The molecule has 0 heterocycles. The second-order valence-electron chi connectivity index (χ2n) is 4.14. The quantitative estimate of drug-likeness (QED) is 0.587. The Balaban J connectivity index is 3.64. The van der Waals surface area contributed by atoms with E-state index in [-0.39, 0.29) is 18.1 Å². The highest BCUT2D eigenvalue weighted by molar-refractivity contribution is 5.80. The van der Waals surface area contributed by atoms with E-state index in [1.54, 1.807) is 6.92 Å². The fraction of sp³-hybridized carbons (Fsp3) is 0.917. The summed E-state index contributed by atoms with van der Waals surface area (Å²) in [5.74, 6) is -0.0148. The lowest BCUT2D eigenvalue weighted by molar-refractivity contribution is -0.134. The van der Waals surface area contributed by atoms with Crippen molar-refractivity contribution in [1.29, 1.82) is 0 Å². The molecule has 0 spiro atoms. The average molecular weight is 230 g/mol. The summed E-state index contributed by atoms with van der Waals surface area (Å²) in [5, 5.41) is 5.90. The van der Waals surface area contributed by atoms with Gasteiger partial charge in [-0.25, -0.2) is 0 Å². The minimum Gasteiger partial charge on any atom is -0.364 e. The van der Waals surface area contributed by atoms with E-state index in [1.165, 1.54) is 6.42 Å². The van der Waals surface area contributed by atoms with Gasteiger partial charge in [0.05, 0.1) is 6.10 Å². The summed E-state index contributed by atoms with van der Waals surface area (Å²) >= 11 is 0. The number of carbonyl (C=O) groups excluding carboxylic acids is 1. The van der Waals surface area contributed by atoms with Crippen LogP contribution in [0.5, 0.6) is 0 Å². The van der Waals surface area contributed by atoms with Gasteiger partial charge in [0.25, 0.3) is 0 Å². The Morgan fingerprint density at radius 1 is 1.31 bits per heavy atom. The van der Waals surface area contributed by atoms with Crippen LogP contribution < -0.4 is 10.6 Å². The van der Waals surface area contributed by atoms with E-state index < -0.39 is 0 Å². The van der Waals surface area contributed by atoms with Crippen LogP contribution in [-0.4, -0.2) is 38.3 Å². The number of ether oxygens (including phenoxy) is 1. The number of likely N-dealkylation sites (N-methyl/N-ethyl adjacent to an activating group) is 1. The number of rotatable bonds is 9. The van der Waals surface area contributed by atoms with Gasteiger partial charge < -0.3 is 15.4 Å². The first-order chi connectivity index (χ1) is 7.61. The highest BCUT2D eigenvalue weighted by atomic mass is 16.5. The lowest BCUT2D eigenvalue weighted by atomic mass is 10.2. The fourth-order valence-corrected chi connectivity index (χ4v) is 1.48. The van der Waals surface area contributed by atoms with Gasteiger partial charge in [-0.05, 0) is 27.3 Å². The molecule has 0 saturated heterocycles. The molecule has 4 nitrogen and oxygen atoms in total. The summed E-state index contributed by atoms with van der Waals surface area (Å²) in [7, 11) is 1.87. The predicted octanol–water partition coefficient (Wildman–Crippen LogP) is 1.31. The van der Waals surface area contributed by atoms with Crippen molar-refractivity contribution in [3.8, 4) is 0 Å². The van der Waals surface area contributed by atoms with Crippen LogP contribution in [0.2, 0.25) is 0 Å². The van der Waals surface area contributed by atoms with Crippen molar-refractivity contribution in [2.75, 3.05) is 20.1 Å². The molecule has 2 N–H and O–H groups in total. The van der Waals surface area contributed by atoms with E-state index in [1.807, 2.05) is 14.0 Å². The lowest BCUT2D eigenvalue weighted by Crippen LogP contribution is -2.38. The summed E-state index contributed by atoms with van der Waals surface area (Å²) < 4.78 is 5.53. The SMILES string of the molecule is CCCCCNC(=O)C(C)OC(C)CNC.